The summed E-state index contributed by atoms with van der Waals surface area (Å²) in [5.41, 5.74) is 0.798. The van der Waals surface area contributed by atoms with Gasteiger partial charge in [0.1, 0.15) is 6.04 Å². The van der Waals surface area contributed by atoms with Crippen molar-refractivity contribution < 1.29 is 14.7 Å². The number of benzene rings is 1. The van der Waals surface area contributed by atoms with Gasteiger partial charge in [-0.2, -0.15) is 4.68 Å². The van der Waals surface area contributed by atoms with Gasteiger partial charge in [-0.3, -0.25) is 9.59 Å². The van der Waals surface area contributed by atoms with Crippen molar-refractivity contribution in [1.29, 1.82) is 0 Å². The first-order chi connectivity index (χ1) is 13.1. The van der Waals surface area contributed by atoms with Gasteiger partial charge in [0.15, 0.2) is 0 Å². The zero-order chi connectivity index (χ0) is 19.2. The summed E-state index contributed by atoms with van der Waals surface area (Å²) < 4.78 is 1.55. The highest BCUT2D eigenvalue weighted by Crippen LogP contribution is 2.24. The predicted octanol–water partition coefficient (Wildman–Crippen LogP) is 1.61. The van der Waals surface area contributed by atoms with E-state index in [-0.39, 0.29) is 17.9 Å². The van der Waals surface area contributed by atoms with Crippen LogP contribution in [-0.4, -0.2) is 49.3 Å². The van der Waals surface area contributed by atoms with Gasteiger partial charge < -0.3 is 15.7 Å². The third-order valence-corrected chi connectivity index (χ3v) is 4.92. The van der Waals surface area contributed by atoms with Gasteiger partial charge in [-0.1, -0.05) is 30.2 Å². The van der Waals surface area contributed by atoms with Crippen molar-refractivity contribution in [2.45, 2.75) is 51.1 Å². The Hall–Kier alpha value is -2.97. The Morgan fingerprint density at radius 1 is 1.22 bits per heavy atom. The van der Waals surface area contributed by atoms with Crippen LogP contribution in [0.2, 0.25) is 0 Å². The number of carbonyl (C=O) groups is 2. The number of aromatic nitrogens is 4. The molecule has 1 heterocycles. The van der Waals surface area contributed by atoms with Gasteiger partial charge in [0, 0.05) is 6.04 Å². The van der Waals surface area contributed by atoms with Crippen molar-refractivity contribution in [1.82, 2.24) is 25.5 Å². The van der Waals surface area contributed by atoms with E-state index < -0.39 is 12.0 Å². The van der Waals surface area contributed by atoms with Gasteiger partial charge in [-0.15, -0.1) is 0 Å². The van der Waals surface area contributed by atoms with E-state index in [2.05, 4.69) is 26.2 Å². The number of aliphatic carboxylic acids is 1. The first kappa shape index (κ1) is 18.8. The number of anilines is 1. The minimum atomic E-state index is -0.749. The van der Waals surface area contributed by atoms with E-state index in [9.17, 15) is 9.59 Å². The lowest BCUT2D eigenvalue weighted by Gasteiger charge is -2.28. The van der Waals surface area contributed by atoms with Gasteiger partial charge in [0.2, 0.25) is 11.9 Å². The highest BCUT2D eigenvalue weighted by atomic mass is 16.4. The molecule has 1 aliphatic carbocycles. The minimum absolute atomic E-state index is 0.00840. The van der Waals surface area contributed by atoms with Gasteiger partial charge in [-0.25, -0.2) is 0 Å². The van der Waals surface area contributed by atoms with Crippen molar-refractivity contribution in [3.63, 3.8) is 0 Å². The molecule has 9 heteroatoms. The minimum Gasteiger partial charge on any atom is -0.481 e. The van der Waals surface area contributed by atoms with Crippen molar-refractivity contribution in [2.75, 3.05) is 5.32 Å². The molecule has 1 amide bonds. The number of carbonyl (C=O) groups excluding carboxylic acids is 1. The molecule has 1 saturated carbocycles. The molecule has 1 aliphatic rings. The maximum atomic E-state index is 12.7. The average Bonchev–Trinajstić information content (AvgIpc) is 3.15. The third-order valence-electron chi connectivity index (χ3n) is 4.92. The van der Waals surface area contributed by atoms with Crippen molar-refractivity contribution >= 4 is 17.8 Å². The molecule has 1 fully saturated rings. The Morgan fingerprint density at radius 2 is 1.93 bits per heavy atom. The van der Waals surface area contributed by atoms with Crippen LogP contribution >= 0.6 is 0 Å². The number of hydrogen-bond donors (Lipinski definition) is 3. The summed E-state index contributed by atoms with van der Waals surface area (Å²) in [6.45, 7) is 1.91. The summed E-state index contributed by atoms with van der Waals surface area (Å²) in [5, 5.41) is 26.9. The van der Waals surface area contributed by atoms with Crippen LogP contribution in [0.15, 0.2) is 30.3 Å². The van der Waals surface area contributed by atoms with Crippen molar-refractivity contribution in [3.05, 3.63) is 30.3 Å². The number of carboxylic acid groups (broad SMARTS) is 1. The maximum Gasteiger partial charge on any atom is 0.306 e. The Balaban J connectivity index is 1.60. The number of nitrogens with one attached hydrogen (secondary N) is 2. The monoisotopic (exact) mass is 372 g/mol. The molecule has 0 radical (unpaired) electrons. The summed E-state index contributed by atoms with van der Waals surface area (Å²) in [4.78, 5) is 23.7. The van der Waals surface area contributed by atoms with Crippen LogP contribution in [0.3, 0.4) is 0 Å². The van der Waals surface area contributed by atoms with Crippen LogP contribution in [0, 0.1) is 5.92 Å². The summed E-state index contributed by atoms with van der Waals surface area (Å²) in [7, 11) is 0. The summed E-state index contributed by atoms with van der Waals surface area (Å²) in [5.74, 6) is -0.772. The van der Waals surface area contributed by atoms with E-state index in [1.54, 1.807) is 4.68 Å². The highest BCUT2D eigenvalue weighted by Gasteiger charge is 2.28. The quantitative estimate of drug-likeness (QED) is 0.675. The van der Waals surface area contributed by atoms with Gasteiger partial charge in [0.25, 0.3) is 0 Å². The largest absolute Gasteiger partial charge is 0.481 e. The molecule has 0 saturated heterocycles. The lowest BCUT2D eigenvalue weighted by molar-refractivity contribution is -0.142. The molecule has 1 aromatic heterocycles. The average molecular weight is 372 g/mol. The van der Waals surface area contributed by atoms with E-state index >= 15 is 0 Å². The summed E-state index contributed by atoms with van der Waals surface area (Å²) in [6, 6.07) is 8.97. The van der Waals surface area contributed by atoms with Crippen LogP contribution in [-0.2, 0) is 9.59 Å². The van der Waals surface area contributed by atoms with E-state index in [4.69, 9.17) is 5.11 Å². The SMILES string of the molecule is CCC(Nc1nnnn1-c1ccccc1)C(=O)NC1CCC(C(=O)O)CC1. The zero-order valence-corrected chi connectivity index (χ0v) is 15.2. The molecule has 1 unspecified atom stereocenters. The van der Waals surface area contributed by atoms with E-state index in [1.165, 1.54) is 0 Å². The van der Waals surface area contributed by atoms with Crippen LogP contribution in [0.4, 0.5) is 5.95 Å². The van der Waals surface area contributed by atoms with E-state index in [0.717, 1.165) is 5.69 Å². The smallest absolute Gasteiger partial charge is 0.306 e. The molecular formula is C18H24N6O3. The standard InChI is InChI=1S/C18H24N6O3/c1-2-15(16(25)19-13-10-8-12(9-11-13)17(26)27)20-18-21-22-23-24(18)14-6-4-3-5-7-14/h3-7,12-13,15H,2,8-11H2,1H3,(H,19,25)(H,26,27)(H,20,21,23). The number of tetrazole rings is 1. The molecule has 0 spiro atoms. The molecule has 144 valence electrons. The molecular weight excluding hydrogens is 348 g/mol. The van der Waals surface area contributed by atoms with Crippen LogP contribution in [0.25, 0.3) is 5.69 Å². The Labute approximate surface area is 157 Å². The number of hydrogen-bond acceptors (Lipinski definition) is 6. The lowest BCUT2D eigenvalue weighted by atomic mass is 9.86. The number of amides is 1. The van der Waals surface area contributed by atoms with Crippen molar-refractivity contribution in [2.24, 2.45) is 5.92 Å². The molecule has 0 bridgehead atoms. The second-order valence-corrected chi connectivity index (χ2v) is 6.75. The highest BCUT2D eigenvalue weighted by molar-refractivity contribution is 5.84. The van der Waals surface area contributed by atoms with Gasteiger partial charge >= 0.3 is 5.97 Å². The topological polar surface area (TPSA) is 122 Å². The first-order valence-electron chi connectivity index (χ1n) is 9.22. The van der Waals surface area contributed by atoms with E-state index in [1.807, 2.05) is 37.3 Å². The van der Waals surface area contributed by atoms with Gasteiger partial charge in [-0.05, 0) is 54.7 Å². The van der Waals surface area contributed by atoms with Gasteiger partial charge in [0.05, 0.1) is 11.6 Å². The first-order valence-corrected chi connectivity index (χ1v) is 9.22. The fourth-order valence-corrected chi connectivity index (χ4v) is 3.32. The van der Waals surface area contributed by atoms with E-state index in [0.29, 0.717) is 38.1 Å². The normalized spacial score (nSPS) is 20.6. The third kappa shape index (κ3) is 4.60. The second-order valence-electron chi connectivity index (χ2n) is 6.75. The molecule has 3 N–H and O–H groups in total. The Morgan fingerprint density at radius 3 is 2.56 bits per heavy atom. The van der Waals surface area contributed by atoms with Crippen LogP contribution < -0.4 is 10.6 Å². The summed E-state index contributed by atoms with van der Waals surface area (Å²) >= 11 is 0. The summed E-state index contributed by atoms with van der Waals surface area (Å²) in [6.07, 6.45) is 3.12. The fraction of sp³-hybridized carbons (Fsp3) is 0.500. The lowest BCUT2D eigenvalue weighted by Crippen LogP contribution is -2.46. The van der Waals surface area contributed by atoms with Crippen LogP contribution in [0.1, 0.15) is 39.0 Å². The molecule has 2 aromatic rings. The second kappa shape index (κ2) is 8.61. The molecule has 27 heavy (non-hydrogen) atoms. The number of rotatable bonds is 7. The maximum absolute atomic E-state index is 12.7. The number of carboxylic acids is 1. The molecule has 0 aliphatic heterocycles. The number of nitrogens with zero attached hydrogens (tertiary/aromatic N) is 4. The molecule has 9 nitrogen and oxygen atoms in total. The van der Waals surface area contributed by atoms with Crippen molar-refractivity contribution in [3.8, 4) is 5.69 Å². The number of para-hydroxylation sites is 1. The fourth-order valence-electron chi connectivity index (χ4n) is 3.32. The predicted molar refractivity (Wildman–Crippen MR) is 98.4 cm³/mol. The Bertz CT molecular complexity index is 770. The van der Waals surface area contributed by atoms with Crippen LogP contribution in [0.5, 0.6) is 0 Å². The molecule has 1 atom stereocenters. The molecule has 1 aromatic carbocycles. The Kier molecular flexibility index (Phi) is 6.00. The molecule has 3 rings (SSSR count). The zero-order valence-electron chi connectivity index (χ0n) is 15.2.